The quantitative estimate of drug-likeness (QED) is 0.433. The van der Waals surface area contributed by atoms with Crippen LogP contribution in [0.2, 0.25) is 0 Å². The van der Waals surface area contributed by atoms with Gasteiger partial charge in [-0.15, -0.1) is 0 Å². The van der Waals surface area contributed by atoms with E-state index in [2.05, 4.69) is 53.5 Å². The van der Waals surface area contributed by atoms with Crippen LogP contribution >= 0.6 is 0 Å². The van der Waals surface area contributed by atoms with E-state index in [0.717, 1.165) is 48.4 Å². The fourth-order valence-electron chi connectivity index (χ4n) is 4.51. The van der Waals surface area contributed by atoms with Crippen molar-refractivity contribution in [3.05, 3.63) is 108 Å². The number of rotatable bonds is 8. The predicted molar refractivity (Wildman–Crippen MR) is 141 cm³/mol. The van der Waals surface area contributed by atoms with E-state index in [1.165, 1.54) is 5.69 Å². The number of nitrogens with zero attached hydrogens (tertiary/aromatic N) is 1. The van der Waals surface area contributed by atoms with Crippen molar-refractivity contribution < 1.29 is 18.9 Å². The van der Waals surface area contributed by atoms with Crippen LogP contribution in [0.5, 0.6) is 0 Å². The number of allylic oxidation sites excluding steroid dienone is 5. The Balaban J connectivity index is 1.37. The minimum absolute atomic E-state index is 0.110. The Bertz CT molecular complexity index is 1030. The first-order valence-electron chi connectivity index (χ1n) is 12.2. The van der Waals surface area contributed by atoms with Gasteiger partial charge in [-0.3, -0.25) is 0 Å². The molecule has 0 bridgehead atoms. The molecule has 5 heteroatoms. The summed E-state index contributed by atoms with van der Waals surface area (Å²) in [7, 11) is 3.44. The average Bonchev–Trinajstić information content (AvgIpc) is 2.92. The molecule has 2 aromatic rings. The van der Waals surface area contributed by atoms with Gasteiger partial charge in [0.15, 0.2) is 6.29 Å². The highest BCUT2D eigenvalue weighted by Gasteiger charge is 2.26. The Labute approximate surface area is 209 Å². The summed E-state index contributed by atoms with van der Waals surface area (Å²) in [5.41, 5.74) is 4.66. The van der Waals surface area contributed by atoms with Gasteiger partial charge >= 0.3 is 0 Å². The van der Waals surface area contributed by atoms with Gasteiger partial charge in [-0.1, -0.05) is 54.6 Å². The maximum Gasteiger partial charge on any atom is 0.159 e. The van der Waals surface area contributed by atoms with Crippen LogP contribution in [-0.2, 0) is 25.6 Å². The Kier molecular flexibility index (Phi) is 9.21. The summed E-state index contributed by atoms with van der Waals surface area (Å²) in [6.45, 7) is 3.03. The molecule has 0 atom stereocenters. The molecule has 0 aliphatic carbocycles. The molecule has 4 rings (SSSR count). The summed E-state index contributed by atoms with van der Waals surface area (Å²) in [5.74, 6) is 1.21. The van der Waals surface area contributed by atoms with Gasteiger partial charge in [-0.05, 0) is 53.8 Å². The molecule has 5 nitrogen and oxygen atoms in total. The zero-order valence-electron chi connectivity index (χ0n) is 20.6. The van der Waals surface area contributed by atoms with Gasteiger partial charge in [0, 0.05) is 45.0 Å². The van der Waals surface area contributed by atoms with Crippen molar-refractivity contribution >= 4 is 11.3 Å². The van der Waals surface area contributed by atoms with Crippen molar-refractivity contribution in [2.24, 2.45) is 5.92 Å². The van der Waals surface area contributed by atoms with E-state index in [-0.39, 0.29) is 6.29 Å². The Morgan fingerprint density at radius 3 is 2.40 bits per heavy atom. The lowest BCUT2D eigenvalue weighted by atomic mass is 9.95. The SMILES string of the molecule is COC(OC)C1CCN(c2ccc(C3=C/CO/C=C/C(OCc4ccccc4)=C\C=C\3)cc2)CC1. The molecule has 0 radical (unpaired) electrons. The molecule has 1 fully saturated rings. The maximum atomic E-state index is 5.96. The molecular weight excluding hydrogens is 438 g/mol. The Morgan fingerprint density at radius 1 is 0.943 bits per heavy atom. The van der Waals surface area contributed by atoms with Crippen molar-refractivity contribution in [1.29, 1.82) is 0 Å². The van der Waals surface area contributed by atoms with Crippen LogP contribution in [-0.4, -0.2) is 40.2 Å². The van der Waals surface area contributed by atoms with Crippen LogP contribution in [0, 0.1) is 5.92 Å². The Hall–Kier alpha value is -3.28. The minimum atomic E-state index is -0.110. The van der Waals surface area contributed by atoms with Crippen molar-refractivity contribution in [3.8, 4) is 0 Å². The molecule has 2 heterocycles. The molecule has 0 saturated carbocycles. The molecule has 0 N–H and O–H groups in total. The van der Waals surface area contributed by atoms with Crippen LogP contribution < -0.4 is 4.90 Å². The first-order chi connectivity index (χ1) is 17.3. The second-order valence-corrected chi connectivity index (χ2v) is 8.71. The summed E-state index contributed by atoms with van der Waals surface area (Å²) < 4.78 is 22.6. The highest BCUT2D eigenvalue weighted by atomic mass is 16.7. The predicted octanol–water partition coefficient (Wildman–Crippen LogP) is 6.11. The van der Waals surface area contributed by atoms with E-state index in [4.69, 9.17) is 18.9 Å². The van der Waals surface area contributed by atoms with Crippen LogP contribution in [0.4, 0.5) is 5.69 Å². The smallest absolute Gasteiger partial charge is 0.159 e. The zero-order chi connectivity index (χ0) is 24.3. The van der Waals surface area contributed by atoms with E-state index in [1.54, 1.807) is 20.5 Å². The van der Waals surface area contributed by atoms with E-state index in [1.807, 2.05) is 36.4 Å². The number of methoxy groups -OCH3 is 2. The summed E-state index contributed by atoms with van der Waals surface area (Å²) in [6, 6.07) is 18.9. The highest BCUT2D eigenvalue weighted by Crippen LogP contribution is 2.28. The van der Waals surface area contributed by atoms with Crippen molar-refractivity contribution in [1.82, 2.24) is 0 Å². The average molecular weight is 474 g/mol. The molecule has 2 aliphatic rings. The van der Waals surface area contributed by atoms with Crippen LogP contribution in [0.1, 0.15) is 24.0 Å². The van der Waals surface area contributed by atoms with Crippen molar-refractivity contribution in [2.75, 3.05) is 38.8 Å². The zero-order valence-corrected chi connectivity index (χ0v) is 20.6. The van der Waals surface area contributed by atoms with Crippen LogP contribution in [0.15, 0.2) is 97.0 Å². The maximum absolute atomic E-state index is 5.96. The van der Waals surface area contributed by atoms with Crippen LogP contribution in [0.3, 0.4) is 0 Å². The molecule has 0 aromatic heterocycles. The van der Waals surface area contributed by atoms with Crippen molar-refractivity contribution in [2.45, 2.75) is 25.7 Å². The molecule has 35 heavy (non-hydrogen) atoms. The molecule has 2 aromatic carbocycles. The topological polar surface area (TPSA) is 40.2 Å². The third-order valence-corrected chi connectivity index (χ3v) is 6.47. The molecule has 0 spiro atoms. The fourth-order valence-corrected chi connectivity index (χ4v) is 4.51. The number of ether oxygens (including phenoxy) is 4. The normalized spacial score (nSPS) is 21.9. The second kappa shape index (κ2) is 13.0. The molecular formula is C30H35NO4. The minimum Gasteiger partial charge on any atom is -0.497 e. The van der Waals surface area contributed by atoms with Gasteiger partial charge < -0.3 is 23.8 Å². The molecule has 0 unspecified atom stereocenters. The molecule has 0 amide bonds. The van der Waals surface area contributed by atoms with Gasteiger partial charge in [-0.25, -0.2) is 0 Å². The number of piperidine rings is 1. The van der Waals surface area contributed by atoms with E-state index >= 15 is 0 Å². The van der Waals surface area contributed by atoms with E-state index in [0.29, 0.717) is 19.1 Å². The van der Waals surface area contributed by atoms with Gasteiger partial charge in [0.25, 0.3) is 0 Å². The Morgan fingerprint density at radius 2 is 1.69 bits per heavy atom. The van der Waals surface area contributed by atoms with E-state index < -0.39 is 0 Å². The molecule has 1 saturated heterocycles. The first kappa shape index (κ1) is 24.8. The number of anilines is 1. The first-order valence-corrected chi connectivity index (χ1v) is 12.2. The number of hydrogen-bond donors (Lipinski definition) is 0. The fraction of sp³-hybridized carbons (Fsp3) is 0.333. The number of benzene rings is 2. The summed E-state index contributed by atoms with van der Waals surface area (Å²) in [5, 5.41) is 0. The third-order valence-electron chi connectivity index (χ3n) is 6.47. The lowest BCUT2D eigenvalue weighted by Gasteiger charge is -2.36. The summed E-state index contributed by atoms with van der Waals surface area (Å²) >= 11 is 0. The van der Waals surface area contributed by atoms with Crippen molar-refractivity contribution in [3.63, 3.8) is 0 Å². The lowest BCUT2D eigenvalue weighted by Crippen LogP contribution is -2.39. The monoisotopic (exact) mass is 473 g/mol. The molecule has 184 valence electrons. The van der Waals surface area contributed by atoms with Gasteiger partial charge in [0.2, 0.25) is 0 Å². The lowest BCUT2D eigenvalue weighted by molar-refractivity contribution is -0.141. The summed E-state index contributed by atoms with van der Waals surface area (Å²) in [6.07, 6.45) is 13.8. The van der Waals surface area contributed by atoms with E-state index in [9.17, 15) is 0 Å². The van der Waals surface area contributed by atoms with Gasteiger partial charge in [0.05, 0.1) is 6.26 Å². The highest BCUT2D eigenvalue weighted by molar-refractivity contribution is 5.75. The van der Waals surface area contributed by atoms with Crippen LogP contribution in [0.25, 0.3) is 5.57 Å². The van der Waals surface area contributed by atoms with Gasteiger partial charge in [0.1, 0.15) is 19.0 Å². The molecule has 2 aliphatic heterocycles. The third kappa shape index (κ3) is 7.10. The number of hydrogen-bond acceptors (Lipinski definition) is 5. The standard InChI is InChI=1S/C30H35NO4/c1-32-30(33-2)27-15-19-31(20-16-27)28-13-11-26(12-14-28)25-9-6-10-29(18-22-34-21-17-25)35-23-24-7-4-3-5-8-24/h3-14,17-18,22,27,30H,15-16,19-21,23H2,1-2H3/b9-6+,22-18+,25-17+,29-10+. The largest absolute Gasteiger partial charge is 0.497 e. The second-order valence-electron chi connectivity index (χ2n) is 8.71. The summed E-state index contributed by atoms with van der Waals surface area (Å²) in [4.78, 5) is 2.44. The van der Waals surface area contributed by atoms with Gasteiger partial charge in [-0.2, -0.15) is 0 Å².